The summed E-state index contributed by atoms with van der Waals surface area (Å²) in [5.41, 5.74) is 9.33. The predicted octanol–water partition coefficient (Wildman–Crippen LogP) is 2.83. The third kappa shape index (κ3) is 5.25. The lowest BCUT2D eigenvalue weighted by Crippen LogP contribution is -2.24. The van der Waals surface area contributed by atoms with Crippen LogP contribution in [0.5, 0.6) is 0 Å². The summed E-state index contributed by atoms with van der Waals surface area (Å²) in [5.74, 6) is -1.35. The van der Waals surface area contributed by atoms with Crippen LogP contribution in [-0.4, -0.2) is 26.5 Å². The fraction of sp³-hybridized carbons (Fsp3) is 0.222. The fourth-order valence-corrected chi connectivity index (χ4v) is 3.52. The third-order valence-corrected chi connectivity index (χ3v) is 5.09. The van der Waals surface area contributed by atoms with Gasteiger partial charge in [-0.05, 0) is 36.2 Å². The highest BCUT2D eigenvalue weighted by atomic mass is 32.2. The van der Waals surface area contributed by atoms with Crippen LogP contribution in [0, 0.1) is 0 Å². The third-order valence-electron chi connectivity index (χ3n) is 3.95. The van der Waals surface area contributed by atoms with Gasteiger partial charge in [0.15, 0.2) is 15.8 Å². The van der Waals surface area contributed by atoms with Crippen molar-refractivity contribution in [1.82, 2.24) is 0 Å². The summed E-state index contributed by atoms with van der Waals surface area (Å²) in [6.07, 6.45) is -3.49. The van der Waals surface area contributed by atoms with Crippen molar-refractivity contribution < 1.29 is 26.4 Å². The van der Waals surface area contributed by atoms with Gasteiger partial charge in [0, 0.05) is 11.8 Å². The van der Waals surface area contributed by atoms with Crippen molar-refractivity contribution in [1.29, 1.82) is 0 Å². The Kier molecular flexibility index (Phi) is 6.21. The first-order valence-corrected chi connectivity index (χ1v) is 10.2. The van der Waals surface area contributed by atoms with E-state index in [9.17, 15) is 26.4 Å². The van der Waals surface area contributed by atoms with Crippen LogP contribution in [0.25, 0.3) is 0 Å². The Bertz CT molecular complexity index is 1080. The van der Waals surface area contributed by atoms with Crippen LogP contribution in [0.15, 0.2) is 46.3 Å². The maximum atomic E-state index is 13.3. The van der Waals surface area contributed by atoms with Crippen molar-refractivity contribution in [2.75, 3.05) is 11.6 Å². The number of anilines is 2. The number of sulfone groups is 1. The molecule has 1 amide bonds. The number of benzene rings is 2. The molecule has 2 rings (SSSR count). The Labute approximate surface area is 165 Å². The minimum absolute atomic E-state index is 0.0593. The number of amides is 1. The van der Waals surface area contributed by atoms with Gasteiger partial charge in [-0.15, -0.1) is 0 Å². The van der Waals surface area contributed by atoms with Gasteiger partial charge in [-0.2, -0.15) is 18.2 Å². The smallest absolute Gasteiger partial charge is 0.370 e. The number of guanidine groups is 1. The molecular formula is C18H19F3N4O3S. The summed E-state index contributed by atoms with van der Waals surface area (Å²) >= 11 is 0. The standard InChI is InChI=1S/C18H19F3N4O3S/c1-3-10-8-14(24-13-7-5-4-6-12(13)18(19,20)21)15(29(2,27)28)9-11(10)16(26)25-17(22)23/h4-9,24H,3H2,1-2H3,(H4,22,23,25,26). The molecule has 0 saturated heterocycles. The van der Waals surface area contributed by atoms with Gasteiger partial charge in [0.1, 0.15) is 0 Å². The van der Waals surface area contributed by atoms with Crippen LogP contribution >= 0.6 is 0 Å². The van der Waals surface area contributed by atoms with E-state index in [1.807, 2.05) is 0 Å². The molecule has 2 aromatic rings. The molecule has 0 spiro atoms. The first kappa shape index (κ1) is 22.2. The molecule has 0 bridgehead atoms. The Morgan fingerprint density at radius 1 is 1.14 bits per heavy atom. The van der Waals surface area contributed by atoms with Crippen molar-refractivity contribution >= 4 is 33.1 Å². The van der Waals surface area contributed by atoms with Crippen LogP contribution in [-0.2, 0) is 22.4 Å². The van der Waals surface area contributed by atoms with E-state index < -0.39 is 33.4 Å². The molecule has 0 atom stereocenters. The molecular weight excluding hydrogens is 409 g/mol. The van der Waals surface area contributed by atoms with Gasteiger partial charge >= 0.3 is 6.18 Å². The van der Waals surface area contributed by atoms with Crippen molar-refractivity contribution in [2.45, 2.75) is 24.4 Å². The summed E-state index contributed by atoms with van der Waals surface area (Å²) in [4.78, 5) is 15.3. The van der Waals surface area contributed by atoms with Crippen LogP contribution < -0.4 is 16.8 Å². The van der Waals surface area contributed by atoms with Gasteiger partial charge in [-0.3, -0.25) is 4.79 Å². The van der Waals surface area contributed by atoms with E-state index in [2.05, 4.69) is 10.3 Å². The highest BCUT2D eigenvalue weighted by Crippen LogP contribution is 2.37. The summed E-state index contributed by atoms with van der Waals surface area (Å²) in [6, 6.07) is 7.02. The summed E-state index contributed by atoms with van der Waals surface area (Å²) in [7, 11) is -3.92. The Morgan fingerprint density at radius 3 is 2.28 bits per heavy atom. The summed E-state index contributed by atoms with van der Waals surface area (Å²) < 4.78 is 64.4. The van der Waals surface area contributed by atoms with Crippen LogP contribution in [0.4, 0.5) is 24.5 Å². The van der Waals surface area contributed by atoms with Gasteiger partial charge in [-0.25, -0.2) is 8.42 Å². The van der Waals surface area contributed by atoms with E-state index in [0.717, 1.165) is 18.4 Å². The normalized spacial score (nSPS) is 11.8. The molecule has 0 radical (unpaired) electrons. The van der Waals surface area contributed by atoms with Gasteiger partial charge < -0.3 is 16.8 Å². The summed E-state index contributed by atoms with van der Waals surface area (Å²) in [6.45, 7) is 1.69. The highest BCUT2D eigenvalue weighted by Gasteiger charge is 2.33. The van der Waals surface area contributed by atoms with E-state index in [-0.39, 0.29) is 28.3 Å². The van der Waals surface area contributed by atoms with E-state index in [4.69, 9.17) is 11.5 Å². The molecule has 0 aliphatic carbocycles. The fourth-order valence-electron chi connectivity index (χ4n) is 2.68. The molecule has 0 saturated carbocycles. The van der Waals surface area contributed by atoms with Crippen molar-refractivity contribution in [2.24, 2.45) is 16.5 Å². The first-order valence-electron chi connectivity index (χ1n) is 8.28. The number of carbonyl (C=O) groups excluding carboxylic acids is 1. The van der Waals surface area contributed by atoms with E-state index >= 15 is 0 Å². The molecule has 0 unspecified atom stereocenters. The number of aryl methyl sites for hydroxylation is 1. The second-order valence-electron chi connectivity index (χ2n) is 6.14. The van der Waals surface area contributed by atoms with E-state index in [1.54, 1.807) is 6.92 Å². The Morgan fingerprint density at radius 2 is 1.76 bits per heavy atom. The van der Waals surface area contributed by atoms with Crippen LogP contribution in [0.3, 0.4) is 0 Å². The number of nitrogens with zero attached hydrogens (tertiary/aromatic N) is 1. The molecule has 0 aliphatic heterocycles. The number of para-hydroxylation sites is 1. The number of hydrogen-bond donors (Lipinski definition) is 3. The molecule has 7 nitrogen and oxygen atoms in total. The summed E-state index contributed by atoms with van der Waals surface area (Å²) in [5, 5.41) is 2.54. The second-order valence-corrected chi connectivity index (χ2v) is 8.13. The van der Waals surface area contributed by atoms with Crippen molar-refractivity contribution in [3.63, 3.8) is 0 Å². The molecule has 0 aliphatic rings. The minimum atomic E-state index is -4.65. The topological polar surface area (TPSA) is 128 Å². The van der Waals surface area contributed by atoms with Crippen LogP contribution in [0.1, 0.15) is 28.4 Å². The molecule has 5 N–H and O–H groups in total. The zero-order valence-electron chi connectivity index (χ0n) is 15.5. The van der Waals surface area contributed by atoms with E-state index in [1.165, 1.54) is 24.3 Å². The largest absolute Gasteiger partial charge is 0.418 e. The minimum Gasteiger partial charge on any atom is -0.370 e. The molecule has 11 heteroatoms. The number of carbonyl (C=O) groups is 1. The molecule has 0 fully saturated rings. The lowest BCUT2D eigenvalue weighted by atomic mass is 10.0. The van der Waals surface area contributed by atoms with Gasteiger partial charge in [0.05, 0.1) is 21.8 Å². The number of alkyl halides is 3. The Balaban J connectivity index is 2.71. The number of halogens is 3. The van der Waals surface area contributed by atoms with Gasteiger partial charge in [0.2, 0.25) is 0 Å². The number of nitrogens with two attached hydrogens (primary N) is 2. The average molecular weight is 428 g/mol. The molecule has 2 aromatic carbocycles. The number of nitrogens with one attached hydrogen (secondary N) is 1. The maximum absolute atomic E-state index is 13.3. The zero-order chi connectivity index (χ0) is 22.0. The molecule has 0 heterocycles. The number of aliphatic imine (C=N–C) groups is 1. The number of hydrogen-bond acceptors (Lipinski definition) is 4. The van der Waals surface area contributed by atoms with Crippen molar-refractivity contribution in [3.05, 3.63) is 53.1 Å². The second kappa shape index (κ2) is 8.11. The Hall–Kier alpha value is -3.08. The van der Waals surface area contributed by atoms with E-state index in [0.29, 0.717) is 5.56 Å². The lowest BCUT2D eigenvalue weighted by Gasteiger charge is -2.18. The first-order chi connectivity index (χ1) is 13.3. The van der Waals surface area contributed by atoms with Gasteiger partial charge in [-0.1, -0.05) is 19.1 Å². The average Bonchev–Trinajstić information content (AvgIpc) is 2.59. The highest BCUT2D eigenvalue weighted by molar-refractivity contribution is 7.90. The maximum Gasteiger partial charge on any atom is 0.418 e. The van der Waals surface area contributed by atoms with Gasteiger partial charge in [0.25, 0.3) is 5.91 Å². The number of rotatable bonds is 5. The zero-order valence-corrected chi connectivity index (χ0v) is 16.4. The monoisotopic (exact) mass is 428 g/mol. The quantitative estimate of drug-likeness (QED) is 0.496. The predicted molar refractivity (Wildman–Crippen MR) is 104 cm³/mol. The van der Waals surface area contributed by atoms with Crippen molar-refractivity contribution in [3.8, 4) is 0 Å². The molecule has 0 aromatic heterocycles. The lowest BCUT2D eigenvalue weighted by molar-refractivity contribution is -0.136. The molecule has 29 heavy (non-hydrogen) atoms. The SMILES string of the molecule is CCc1cc(Nc2ccccc2C(F)(F)F)c(S(C)(=O)=O)cc1C(=O)N=C(N)N. The molecule has 156 valence electrons. The van der Waals surface area contributed by atoms with Crippen LogP contribution in [0.2, 0.25) is 0 Å².